The molecular formula is C17H19ClO. The Kier molecular flexibility index (Phi) is 5.29. The van der Waals surface area contributed by atoms with Crippen LogP contribution in [-0.2, 0) is 18.9 Å². The van der Waals surface area contributed by atoms with Crippen LogP contribution in [-0.4, -0.2) is 0 Å². The topological polar surface area (TPSA) is 9.23 Å². The number of hydrogen-bond donors (Lipinski definition) is 0. The molecule has 0 N–H and O–H groups in total. The number of aryl methyl sites for hydroxylation is 1. The van der Waals surface area contributed by atoms with Crippen molar-refractivity contribution < 1.29 is 4.74 Å². The van der Waals surface area contributed by atoms with E-state index in [1.807, 2.05) is 30.3 Å². The summed E-state index contributed by atoms with van der Waals surface area (Å²) in [6.07, 6.45) is 2.17. The Balaban J connectivity index is 2.10. The van der Waals surface area contributed by atoms with Gasteiger partial charge in [-0.15, -0.1) is 11.6 Å². The third-order valence-corrected chi connectivity index (χ3v) is 3.43. The molecule has 1 nitrogen and oxygen atoms in total. The Morgan fingerprint density at radius 2 is 1.53 bits per heavy atom. The molecule has 2 rings (SSSR count). The number of ether oxygens (including phenoxy) is 1. The lowest BCUT2D eigenvalue weighted by molar-refractivity contribution is 0.302. The summed E-state index contributed by atoms with van der Waals surface area (Å²) in [6, 6.07) is 16.4. The molecule has 2 aromatic carbocycles. The third kappa shape index (κ3) is 3.74. The fourth-order valence-electron chi connectivity index (χ4n) is 2.10. The van der Waals surface area contributed by atoms with Crippen molar-refractivity contribution in [2.75, 3.05) is 0 Å². The molecule has 100 valence electrons. The summed E-state index contributed by atoms with van der Waals surface area (Å²) < 4.78 is 5.96. The van der Waals surface area contributed by atoms with Gasteiger partial charge in [0, 0.05) is 5.88 Å². The molecule has 0 saturated heterocycles. The van der Waals surface area contributed by atoms with Gasteiger partial charge in [-0.2, -0.15) is 0 Å². The summed E-state index contributed by atoms with van der Waals surface area (Å²) in [5.74, 6) is 1.50. The van der Waals surface area contributed by atoms with E-state index >= 15 is 0 Å². The van der Waals surface area contributed by atoms with E-state index in [4.69, 9.17) is 16.3 Å². The summed E-state index contributed by atoms with van der Waals surface area (Å²) in [6.45, 7) is 2.75. The van der Waals surface area contributed by atoms with Gasteiger partial charge in [-0.3, -0.25) is 0 Å². The van der Waals surface area contributed by atoms with Crippen LogP contribution in [0, 0.1) is 0 Å². The van der Waals surface area contributed by atoms with Crippen LogP contribution in [0.3, 0.4) is 0 Å². The lowest BCUT2D eigenvalue weighted by atomic mass is 10.1. The number of benzene rings is 2. The van der Waals surface area contributed by atoms with Crippen LogP contribution in [0.4, 0.5) is 0 Å². The molecule has 0 saturated carbocycles. The van der Waals surface area contributed by atoms with Crippen LogP contribution in [0.1, 0.15) is 30.0 Å². The first-order valence-corrected chi connectivity index (χ1v) is 7.22. The van der Waals surface area contributed by atoms with Crippen LogP contribution < -0.4 is 4.74 Å². The van der Waals surface area contributed by atoms with E-state index in [1.54, 1.807) is 0 Å². The first kappa shape index (κ1) is 14.0. The minimum atomic E-state index is 0.524. The van der Waals surface area contributed by atoms with Crippen molar-refractivity contribution in [2.24, 2.45) is 0 Å². The average Bonchev–Trinajstić information content (AvgIpc) is 2.47. The van der Waals surface area contributed by atoms with Crippen LogP contribution >= 0.6 is 11.6 Å². The van der Waals surface area contributed by atoms with Crippen LogP contribution in [0.25, 0.3) is 0 Å². The highest BCUT2D eigenvalue weighted by Crippen LogP contribution is 2.22. The van der Waals surface area contributed by atoms with Gasteiger partial charge in [0.2, 0.25) is 0 Å². The summed E-state index contributed by atoms with van der Waals surface area (Å²) in [4.78, 5) is 0. The van der Waals surface area contributed by atoms with Crippen LogP contribution in [0.5, 0.6) is 5.75 Å². The minimum Gasteiger partial charge on any atom is -0.489 e. The fraction of sp³-hybridized carbons (Fsp3) is 0.294. The van der Waals surface area contributed by atoms with Crippen molar-refractivity contribution in [2.45, 2.75) is 32.3 Å². The number of halogens is 1. The Bertz CT molecular complexity index is 522. The molecule has 19 heavy (non-hydrogen) atoms. The summed E-state index contributed by atoms with van der Waals surface area (Å²) in [7, 11) is 0. The van der Waals surface area contributed by atoms with Crippen LogP contribution in [0.15, 0.2) is 48.5 Å². The quantitative estimate of drug-likeness (QED) is 0.677. The molecule has 0 aliphatic rings. The van der Waals surface area contributed by atoms with Gasteiger partial charge in [0.25, 0.3) is 0 Å². The molecule has 0 aromatic heterocycles. The lowest BCUT2D eigenvalue weighted by Gasteiger charge is -2.12. The van der Waals surface area contributed by atoms with Gasteiger partial charge in [-0.25, -0.2) is 0 Å². The lowest BCUT2D eigenvalue weighted by Crippen LogP contribution is -2.01. The van der Waals surface area contributed by atoms with Gasteiger partial charge in [-0.1, -0.05) is 55.8 Å². The van der Waals surface area contributed by atoms with Crippen molar-refractivity contribution in [3.63, 3.8) is 0 Å². The molecule has 0 aliphatic heterocycles. The molecule has 0 bridgehead atoms. The van der Waals surface area contributed by atoms with Gasteiger partial charge in [-0.05, 0) is 29.2 Å². The third-order valence-electron chi connectivity index (χ3n) is 3.14. The second kappa shape index (κ2) is 7.20. The Labute approximate surface area is 120 Å². The zero-order chi connectivity index (χ0) is 13.5. The van der Waals surface area contributed by atoms with E-state index < -0.39 is 0 Å². The van der Waals surface area contributed by atoms with Gasteiger partial charge < -0.3 is 4.74 Å². The molecule has 0 atom stereocenters. The maximum atomic E-state index is 5.96. The molecule has 0 fully saturated rings. The van der Waals surface area contributed by atoms with Gasteiger partial charge >= 0.3 is 0 Å². The Morgan fingerprint density at radius 3 is 2.21 bits per heavy atom. The summed E-state index contributed by atoms with van der Waals surface area (Å²) >= 11 is 5.94. The van der Waals surface area contributed by atoms with E-state index in [-0.39, 0.29) is 0 Å². The van der Waals surface area contributed by atoms with E-state index in [0.29, 0.717) is 12.5 Å². The first-order chi connectivity index (χ1) is 9.35. The van der Waals surface area contributed by atoms with Gasteiger partial charge in [0.05, 0.1) is 0 Å². The second-order valence-electron chi connectivity index (χ2n) is 4.55. The fourth-order valence-corrected chi connectivity index (χ4v) is 2.37. The molecule has 0 heterocycles. The summed E-state index contributed by atoms with van der Waals surface area (Å²) in [5.41, 5.74) is 3.56. The molecule has 2 heteroatoms. The SMILES string of the molecule is CCCc1ccccc1OCc1ccccc1CCl. The molecule has 0 unspecified atom stereocenters. The Morgan fingerprint density at radius 1 is 0.895 bits per heavy atom. The smallest absolute Gasteiger partial charge is 0.122 e. The van der Waals surface area contributed by atoms with Gasteiger partial charge in [0.15, 0.2) is 0 Å². The minimum absolute atomic E-state index is 0.524. The predicted octanol–water partition coefficient (Wildman–Crippen LogP) is 4.96. The van der Waals surface area contributed by atoms with E-state index in [2.05, 4.69) is 25.1 Å². The molecular weight excluding hydrogens is 256 g/mol. The summed E-state index contributed by atoms with van der Waals surface area (Å²) in [5, 5.41) is 0. The molecule has 2 aromatic rings. The molecule has 0 amide bonds. The second-order valence-corrected chi connectivity index (χ2v) is 4.82. The zero-order valence-electron chi connectivity index (χ0n) is 11.2. The zero-order valence-corrected chi connectivity index (χ0v) is 12.0. The Hall–Kier alpha value is -1.47. The first-order valence-electron chi connectivity index (χ1n) is 6.68. The standard InChI is InChI=1S/C17H19ClO/c1-2-7-14-8-5-6-11-17(14)19-13-16-10-4-3-9-15(16)12-18/h3-6,8-11H,2,7,12-13H2,1H3. The van der Waals surface area contributed by atoms with Crippen molar-refractivity contribution >= 4 is 11.6 Å². The van der Waals surface area contributed by atoms with Crippen molar-refractivity contribution in [3.05, 3.63) is 65.2 Å². The number of hydrogen-bond acceptors (Lipinski definition) is 1. The highest BCUT2D eigenvalue weighted by atomic mass is 35.5. The van der Waals surface area contributed by atoms with E-state index in [9.17, 15) is 0 Å². The normalized spacial score (nSPS) is 10.4. The molecule has 0 spiro atoms. The molecule has 0 radical (unpaired) electrons. The molecule has 0 aliphatic carbocycles. The van der Waals surface area contributed by atoms with Gasteiger partial charge in [0.1, 0.15) is 12.4 Å². The van der Waals surface area contributed by atoms with Crippen molar-refractivity contribution in [1.82, 2.24) is 0 Å². The maximum Gasteiger partial charge on any atom is 0.122 e. The number of para-hydroxylation sites is 1. The largest absolute Gasteiger partial charge is 0.489 e. The monoisotopic (exact) mass is 274 g/mol. The predicted molar refractivity (Wildman–Crippen MR) is 80.8 cm³/mol. The number of rotatable bonds is 6. The maximum absolute atomic E-state index is 5.96. The van der Waals surface area contributed by atoms with E-state index in [1.165, 1.54) is 5.56 Å². The van der Waals surface area contributed by atoms with E-state index in [0.717, 1.165) is 29.7 Å². The van der Waals surface area contributed by atoms with Crippen LogP contribution in [0.2, 0.25) is 0 Å². The number of alkyl halides is 1. The van der Waals surface area contributed by atoms with Crippen molar-refractivity contribution in [3.8, 4) is 5.75 Å². The highest BCUT2D eigenvalue weighted by molar-refractivity contribution is 6.17. The average molecular weight is 275 g/mol. The van der Waals surface area contributed by atoms with Crippen molar-refractivity contribution in [1.29, 1.82) is 0 Å². The highest BCUT2D eigenvalue weighted by Gasteiger charge is 2.05.